The lowest BCUT2D eigenvalue weighted by atomic mass is 10.2. The van der Waals surface area contributed by atoms with Crippen molar-refractivity contribution in [3.8, 4) is 0 Å². The molecule has 0 aliphatic heterocycles. The molecule has 2 rings (SSSR count). The van der Waals surface area contributed by atoms with Crippen LogP contribution >= 0.6 is 0 Å². The lowest BCUT2D eigenvalue weighted by Gasteiger charge is -1.96. The zero-order chi connectivity index (χ0) is 12.1. The second-order valence-corrected chi connectivity index (χ2v) is 3.39. The van der Waals surface area contributed by atoms with Crippen LogP contribution in [0.4, 0.5) is 5.69 Å². The van der Waals surface area contributed by atoms with Crippen molar-refractivity contribution < 1.29 is 9.90 Å². The van der Waals surface area contributed by atoms with Crippen molar-refractivity contribution >= 4 is 17.9 Å². The Balaban J connectivity index is 2.22. The molecule has 0 unspecified atom stereocenters. The summed E-state index contributed by atoms with van der Waals surface area (Å²) < 4.78 is 0. The monoisotopic (exact) mass is 226 g/mol. The molecule has 4 nitrogen and oxygen atoms in total. The van der Waals surface area contributed by atoms with Crippen LogP contribution in [0.5, 0.6) is 0 Å². The zero-order valence-electron chi connectivity index (χ0n) is 8.95. The third kappa shape index (κ3) is 2.98. The normalized spacial score (nSPS) is 10.6. The first-order valence-corrected chi connectivity index (χ1v) is 5.03. The Bertz CT molecular complexity index is 550. The van der Waals surface area contributed by atoms with Gasteiger partial charge in [0.25, 0.3) is 0 Å². The van der Waals surface area contributed by atoms with Gasteiger partial charge < -0.3 is 5.11 Å². The van der Waals surface area contributed by atoms with Gasteiger partial charge in [0.1, 0.15) is 0 Å². The fraction of sp³-hybridized carbons (Fsp3) is 0. The van der Waals surface area contributed by atoms with Gasteiger partial charge in [-0.05, 0) is 35.9 Å². The number of rotatable bonds is 3. The molecule has 0 spiro atoms. The smallest absolute Gasteiger partial charge is 0.335 e. The van der Waals surface area contributed by atoms with E-state index in [2.05, 4.69) is 9.98 Å². The van der Waals surface area contributed by atoms with Crippen molar-refractivity contribution in [2.75, 3.05) is 0 Å². The Hall–Kier alpha value is -2.49. The maximum Gasteiger partial charge on any atom is 0.335 e. The molecule has 0 amide bonds. The highest BCUT2D eigenvalue weighted by Gasteiger charge is 2.01. The Morgan fingerprint density at radius 3 is 2.71 bits per heavy atom. The molecule has 0 saturated carbocycles. The number of carbonyl (C=O) groups is 1. The van der Waals surface area contributed by atoms with Crippen LogP contribution in [-0.2, 0) is 0 Å². The average molecular weight is 226 g/mol. The summed E-state index contributed by atoms with van der Waals surface area (Å²) in [6, 6.07) is 10.1. The maximum absolute atomic E-state index is 10.8. The first-order valence-electron chi connectivity index (χ1n) is 5.03. The second-order valence-electron chi connectivity index (χ2n) is 3.39. The van der Waals surface area contributed by atoms with Crippen LogP contribution in [0.25, 0.3) is 0 Å². The van der Waals surface area contributed by atoms with E-state index in [0.717, 1.165) is 5.56 Å². The van der Waals surface area contributed by atoms with Gasteiger partial charge in [0.15, 0.2) is 0 Å². The quantitative estimate of drug-likeness (QED) is 0.818. The largest absolute Gasteiger partial charge is 0.478 e. The fourth-order valence-corrected chi connectivity index (χ4v) is 1.32. The van der Waals surface area contributed by atoms with E-state index in [9.17, 15) is 4.79 Å². The number of carboxylic acids is 1. The number of hydrogen-bond acceptors (Lipinski definition) is 3. The van der Waals surface area contributed by atoms with Gasteiger partial charge in [0.2, 0.25) is 0 Å². The molecule has 1 N–H and O–H groups in total. The number of nitrogens with zero attached hydrogens (tertiary/aromatic N) is 2. The van der Waals surface area contributed by atoms with Crippen LogP contribution in [0.2, 0.25) is 0 Å². The van der Waals surface area contributed by atoms with Crippen molar-refractivity contribution in [2.24, 2.45) is 4.99 Å². The van der Waals surface area contributed by atoms with Crippen LogP contribution in [0.15, 0.2) is 53.8 Å². The minimum absolute atomic E-state index is 0.231. The molecule has 0 saturated heterocycles. The van der Waals surface area contributed by atoms with E-state index in [0.29, 0.717) is 5.69 Å². The minimum Gasteiger partial charge on any atom is -0.478 e. The first kappa shape index (κ1) is 11.0. The van der Waals surface area contributed by atoms with Crippen molar-refractivity contribution in [3.63, 3.8) is 0 Å². The predicted octanol–water partition coefficient (Wildman–Crippen LogP) is 2.53. The Morgan fingerprint density at radius 2 is 2.00 bits per heavy atom. The molecule has 4 heteroatoms. The summed E-state index contributed by atoms with van der Waals surface area (Å²) in [5.74, 6) is -0.953. The molecule has 1 aromatic carbocycles. The lowest BCUT2D eigenvalue weighted by molar-refractivity contribution is 0.0697. The standard InChI is InChI=1S/C13H10N2O2/c16-13(17)11-2-1-3-12(8-11)15-9-10-4-6-14-7-5-10/h1-9H,(H,16,17). The maximum atomic E-state index is 10.8. The molecule has 0 aliphatic carbocycles. The summed E-state index contributed by atoms with van der Waals surface area (Å²) in [6.45, 7) is 0. The lowest BCUT2D eigenvalue weighted by Crippen LogP contribution is -1.94. The molecule has 0 aliphatic rings. The van der Waals surface area contributed by atoms with Crippen LogP contribution in [-0.4, -0.2) is 22.3 Å². The fourth-order valence-electron chi connectivity index (χ4n) is 1.32. The highest BCUT2D eigenvalue weighted by molar-refractivity contribution is 5.89. The molecule has 17 heavy (non-hydrogen) atoms. The van der Waals surface area contributed by atoms with E-state index in [-0.39, 0.29) is 5.56 Å². The minimum atomic E-state index is -0.953. The molecule has 1 aromatic heterocycles. The van der Waals surface area contributed by atoms with E-state index in [4.69, 9.17) is 5.11 Å². The molecule has 2 aromatic rings. The molecule has 0 fully saturated rings. The number of aromatic carboxylic acids is 1. The molecular formula is C13H10N2O2. The second kappa shape index (κ2) is 5.03. The first-order chi connectivity index (χ1) is 8.25. The molecular weight excluding hydrogens is 216 g/mol. The molecule has 1 heterocycles. The molecule has 0 atom stereocenters. The van der Waals surface area contributed by atoms with E-state index in [1.54, 1.807) is 30.7 Å². The van der Waals surface area contributed by atoms with E-state index in [1.165, 1.54) is 12.1 Å². The van der Waals surface area contributed by atoms with Gasteiger partial charge >= 0.3 is 5.97 Å². The highest BCUT2D eigenvalue weighted by atomic mass is 16.4. The summed E-state index contributed by atoms with van der Waals surface area (Å²) in [5.41, 5.74) is 1.76. The molecule has 0 bridgehead atoms. The Kier molecular flexibility index (Phi) is 3.25. The number of carboxylic acid groups (broad SMARTS) is 1. The van der Waals surface area contributed by atoms with Crippen LogP contribution in [0.1, 0.15) is 15.9 Å². The van der Waals surface area contributed by atoms with Gasteiger partial charge in [-0.2, -0.15) is 0 Å². The number of aliphatic imine (C=N–C) groups is 1. The van der Waals surface area contributed by atoms with Crippen molar-refractivity contribution in [3.05, 3.63) is 59.9 Å². The van der Waals surface area contributed by atoms with Crippen molar-refractivity contribution in [1.82, 2.24) is 4.98 Å². The number of pyridine rings is 1. The summed E-state index contributed by atoms with van der Waals surface area (Å²) in [5, 5.41) is 8.83. The van der Waals surface area contributed by atoms with Crippen molar-refractivity contribution in [2.45, 2.75) is 0 Å². The van der Waals surface area contributed by atoms with Gasteiger partial charge in [0, 0.05) is 18.6 Å². The summed E-state index contributed by atoms with van der Waals surface area (Å²) in [7, 11) is 0. The highest BCUT2D eigenvalue weighted by Crippen LogP contribution is 2.14. The summed E-state index contributed by atoms with van der Waals surface area (Å²) in [6.07, 6.45) is 5.02. The molecule has 0 radical (unpaired) electrons. The third-order valence-electron chi connectivity index (χ3n) is 2.16. The average Bonchev–Trinajstić information content (AvgIpc) is 2.38. The Morgan fingerprint density at radius 1 is 1.24 bits per heavy atom. The zero-order valence-corrected chi connectivity index (χ0v) is 8.95. The summed E-state index contributed by atoms with van der Waals surface area (Å²) >= 11 is 0. The van der Waals surface area contributed by atoms with E-state index < -0.39 is 5.97 Å². The van der Waals surface area contributed by atoms with E-state index in [1.807, 2.05) is 12.1 Å². The van der Waals surface area contributed by atoms with Gasteiger partial charge in [-0.25, -0.2) is 4.79 Å². The van der Waals surface area contributed by atoms with Crippen LogP contribution in [0.3, 0.4) is 0 Å². The molecule has 84 valence electrons. The number of hydrogen-bond donors (Lipinski definition) is 1. The van der Waals surface area contributed by atoms with Crippen LogP contribution in [0, 0.1) is 0 Å². The van der Waals surface area contributed by atoms with Gasteiger partial charge in [0.05, 0.1) is 11.3 Å². The van der Waals surface area contributed by atoms with E-state index >= 15 is 0 Å². The number of benzene rings is 1. The van der Waals surface area contributed by atoms with Gasteiger partial charge in [-0.1, -0.05) is 6.07 Å². The predicted molar refractivity (Wildman–Crippen MR) is 64.9 cm³/mol. The van der Waals surface area contributed by atoms with Crippen LogP contribution < -0.4 is 0 Å². The number of aromatic nitrogens is 1. The summed E-state index contributed by atoms with van der Waals surface area (Å²) in [4.78, 5) is 18.9. The van der Waals surface area contributed by atoms with Gasteiger partial charge in [-0.15, -0.1) is 0 Å². The Labute approximate surface area is 98.3 Å². The topological polar surface area (TPSA) is 62.5 Å². The van der Waals surface area contributed by atoms with Crippen molar-refractivity contribution in [1.29, 1.82) is 0 Å². The third-order valence-corrected chi connectivity index (χ3v) is 2.16. The SMILES string of the molecule is O=C(O)c1cccc(N=Cc2ccncc2)c1. The van der Waals surface area contributed by atoms with Gasteiger partial charge in [-0.3, -0.25) is 9.98 Å².